The van der Waals surface area contributed by atoms with Gasteiger partial charge in [-0.2, -0.15) is 10.2 Å². The van der Waals surface area contributed by atoms with E-state index in [4.69, 9.17) is 23.2 Å². The van der Waals surface area contributed by atoms with Crippen molar-refractivity contribution in [3.63, 3.8) is 0 Å². The largest absolute Gasteiger partial charge is 0.294 e. The number of rotatable bonds is 6. The summed E-state index contributed by atoms with van der Waals surface area (Å²) in [5, 5.41) is 9.27. The molecule has 0 saturated carbocycles. The number of nitrogens with zero attached hydrogens (tertiary/aromatic N) is 6. The SMILES string of the molecule is O=C(C(c1ccccc1Cl)n1cncn1)C(c1ccccc1Cl)n1cncn1. The van der Waals surface area contributed by atoms with Crippen molar-refractivity contribution in [3.8, 4) is 0 Å². The van der Waals surface area contributed by atoms with Gasteiger partial charge in [0.15, 0.2) is 5.78 Å². The molecule has 0 saturated heterocycles. The standard InChI is InChI=1S/C19H14Cl2N6O/c20-15-7-3-1-5-13(15)17(26-11-22-9-24-26)19(28)18(27-12-23-10-25-27)14-6-2-4-8-16(14)21/h1-12,17-18H. The van der Waals surface area contributed by atoms with Crippen LogP contribution in [-0.4, -0.2) is 35.3 Å². The summed E-state index contributed by atoms with van der Waals surface area (Å²) in [5.41, 5.74) is 1.22. The number of aromatic nitrogens is 6. The smallest absolute Gasteiger partial charge is 0.191 e. The van der Waals surface area contributed by atoms with Crippen LogP contribution in [0.5, 0.6) is 0 Å². The molecule has 4 rings (SSSR count). The average molecular weight is 413 g/mol. The fraction of sp³-hybridized carbons (Fsp3) is 0.105. The van der Waals surface area contributed by atoms with Crippen molar-refractivity contribution < 1.29 is 4.79 Å². The van der Waals surface area contributed by atoms with Crippen LogP contribution in [0.1, 0.15) is 23.2 Å². The minimum atomic E-state index is -0.818. The summed E-state index contributed by atoms with van der Waals surface area (Å²) in [6.45, 7) is 0. The number of benzene rings is 2. The van der Waals surface area contributed by atoms with E-state index in [1.54, 1.807) is 36.4 Å². The van der Waals surface area contributed by atoms with Crippen LogP contribution in [0.4, 0.5) is 0 Å². The van der Waals surface area contributed by atoms with E-state index < -0.39 is 12.1 Å². The second-order valence-electron chi connectivity index (χ2n) is 6.00. The van der Waals surface area contributed by atoms with Crippen LogP contribution in [0.3, 0.4) is 0 Å². The molecule has 9 heteroatoms. The molecule has 0 N–H and O–H groups in total. The highest BCUT2D eigenvalue weighted by Gasteiger charge is 2.35. The van der Waals surface area contributed by atoms with Crippen LogP contribution in [0, 0.1) is 0 Å². The lowest BCUT2D eigenvalue weighted by Crippen LogP contribution is -2.31. The van der Waals surface area contributed by atoms with Crippen molar-refractivity contribution in [2.24, 2.45) is 0 Å². The van der Waals surface area contributed by atoms with Crippen molar-refractivity contribution in [1.82, 2.24) is 29.5 Å². The first-order valence-electron chi connectivity index (χ1n) is 8.37. The molecule has 0 spiro atoms. The lowest BCUT2D eigenvalue weighted by atomic mass is 9.93. The minimum Gasteiger partial charge on any atom is -0.294 e. The number of carbonyl (C=O) groups excluding carboxylic acids is 1. The molecule has 28 heavy (non-hydrogen) atoms. The van der Waals surface area contributed by atoms with Crippen molar-refractivity contribution in [2.45, 2.75) is 12.1 Å². The zero-order chi connectivity index (χ0) is 19.5. The topological polar surface area (TPSA) is 78.5 Å². The summed E-state index contributed by atoms with van der Waals surface area (Å²) in [5.74, 6) is -0.225. The number of halogens is 2. The third-order valence-electron chi connectivity index (χ3n) is 4.34. The number of carbonyl (C=O) groups is 1. The molecule has 0 radical (unpaired) electrons. The van der Waals surface area contributed by atoms with Crippen LogP contribution >= 0.6 is 23.2 Å². The summed E-state index contributed by atoms with van der Waals surface area (Å²) >= 11 is 12.8. The van der Waals surface area contributed by atoms with E-state index in [0.29, 0.717) is 21.2 Å². The Bertz CT molecular complexity index is 996. The molecule has 0 aliphatic heterocycles. The molecule has 0 bridgehead atoms. The summed E-state index contributed by atoms with van der Waals surface area (Å²) in [7, 11) is 0. The van der Waals surface area contributed by atoms with Gasteiger partial charge in [-0.1, -0.05) is 59.6 Å². The van der Waals surface area contributed by atoms with E-state index in [9.17, 15) is 4.79 Å². The number of hydrogen-bond donors (Lipinski definition) is 0. The molecule has 140 valence electrons. The van der Waals surface area contributed by atoms with Crippen molar-refractivity contribution in [3.05, 3.63) is 95.0 Å². The molecular weight excluding hydrogens is 399 g/mol. The van der Waals surface area contributed by atoms with Gasteiger partial charge in [0.2, 0.25) is 0 Å². The molecule has 2 atom stereocenters. The van der Waals surface area contributed by atoms with Gasteiger partial charge >= 0.3 is 0 Å². The quantitative estimate of drug-likeness (QED) is 0.483. The van der Waals surface area contributed by atoms with Crippen molar-refractivity contribution in [2.75, 3.05) is 0 Å². The van der Waals surface area contributed by atoms with Crippen LogP contribution < -0.4 is 0 Å². The van der Waals surface area contributed by atoms with Gasteiger partial charge in [0.25, 0.3) is 0 Å². The predicted molar refractivity (Wildman–Crippen MR) is 104 cm³/mol. The van der Waals surface area contributed by atoms with Gasteiger partial charge < -0.3 is 0 Å². The average Bonchev–Trinajstić information content (AvgIpc) is 3.40. The first kappa shape index (κ1) is 18.3. The van der Waals surface area contributed by atoms with Gasteiger partial charge in [0.05, 0.1) is 0 Å². The molecular formula is C19H14Cl2N6O. The molecule has 4 aromatic rings. The number of hydrogen-bond acceptors (Lipinski definition) is 5. The normalized spacial score (nSPS) is 13.2. The number of Topliss-reactive ketones (excluding diaryl/α,β-unsaturated/α-hetero) is 1. The van der Waals surface area contributed by atoms with E-state index >= 15 is 0 Å². The van der Waals surface area contributed by atoms with Crippen LogP contribution in [0.15, 0.2) is 73.8 Å². The zero-order valence-electron chi connectivity index (χ0n) is 14.4. The maximum Gasteiger partial charge on any atom is 0.191 e. The Hall–Kier alpha value is -3.03. The van der Waals surface area contributed by atoms with E-state index in [1.807, 2.05) is 12.1 Å². The van der Waals surface area contributed by atoms with Gasteiger partial charge in [0, 0.05) is 21.2 Å². The molecule has 0 aliphatic rings. The van der Waals surface area contributed by atoms with Crippen LogP contribution in [0.2, 0.25) is 10.0 Å². The second-order valence-corrected chi connectivity index (χ2v) is 6.82. The third kappa shape index (κ3) is 3.42. The monoisotopic (exact) mass is 412 g/mol. The zero-order valence-corrected chi connectivity index (χ0v) is 15.9. The van der Waals surface area contributed by atoms with Crippen LogP contribution in [0.25, 0.3) is 0 Å². The molecule has 0 aliphatic carbocycles. The summed E-state index contributed by atoms with van der Waals surface area (Å²) in [4.78, 5) is 21.8. The van der Waals surface area contributed by atoms with E-state index in [1.165, 1.54) is 34.7 Å². The Balaban J connectivity index is 1.88. The fourth-order valence-electron chi connectivity index (χ4n) is 3.10. The molecule has 0 amide bonds. The Kier molecular flexibility index (Phi) is 5.18. The second kappa shape index (κ2) is 7.92. The van der Waals surface area contributed by atoms with E-state index in [-0.39, 0.29) is 5.78 Å². The lowest BCUT2D eigenvalue weighted by molar-refractivity contribution is -0.123. The molecule has 2 aromatic heterocycles. The fourth-order valence-corrected chi connectivity index (χ4v) is 3.58. The maximum absolute atomic E-state index is 13.9. The van der Waals surface area contributed by atoms with Crippen molar-refractivity contribution >= 4 is 29.0 Å². The molecule has 2 aromatic carbocycles. The Morgan fingerprint density at radius 1 is 0.750 bits per heavy atom. The lowest BCUT2D eigenvalue weighted by Gasteiger charge is -2.24. The number of ketones is 1. The first-order chi connectivity index (χ1) is 13.7. The van der Waals surface area contributed by atoms with Gasteiger partial charge in [-0.25, -0.2) is 19.3 Å². The summed E-state index contributed by atoms with van der Waals surface area (Å²) < 4.78 is 2.95. The molecule has 7 nitrogen and oxygen atoms in total. The summed E-state index contributed by atoms with van der Waals surface area (Å²) in [6.07, 6.45) is 5.71. The Morgan fingerprint density at radius 3 is 1.54 bits per heavy atom. The van der Waals surface area contributed by atoms with Gasteiger partial charge in [0.1, 0.15) is 37.4 Å². The highest BCUT2D eigenvalue weighted by Crippen LogP contribution is 2.34. The molecule has 0 fully saturated rings. The summed E-state index contributed by atoms with van der Waals surface area (Å²) in [6, 6.07) is 12.6. The van der Waals surface area contributed by atoms with E-state index in [0.717, 1.165) is 0 Å². The minimum absolute atomic E-state index is 0.225. The van der Waals surface area contributed by atoms with Crippen LogP contribution in [-0.2, 0) is 4.79 Å². The Morgan fingerprint density at radius 2 is 1.18 bits per heavy atom. The predicted octanol–water partition coefficient (Wildman–Crippen LogP) is 3.62. The van der Waals surface area contributed by atoms with Gasteiger partial charge in [-0.3, -0.25) is 4.79 Å². The van der Waals surface area contributed by atoms with Crippen molar-refractivity contribution in [1.29, 1.82) is 0 Å². The van der Waals surface area contributed by atoms with E-state index in [2.05, 4.69) is 20.2 Å². The molecule has 2 heterocycles. The maximum atomic E-state index is 13.9. The third-order valence-corrected chi connectivity index (χ3v) is 5.03. The first-order valence-corrected chi connectivity index (χ1v) is 9.13. The highest BCUT2D eigenvalue weighted by atomic mass is 35.5. The highest BCUT2D eigenvalue weighted by molar-refractivity contribution is 6.32. The molecule has 2 unspecified atom stereocenters. The Labute approximate surface area is 170 Å². The van der Waals surface area contributed by atoms with Gasteiger partial charge in [-0.15, -0.1) is 0 Å². The van der Waals surface area contributed by atoms with Gasteiger partial charge in [-0.05, 0) is 12.1 Å².